The van der Waals surface area contributed by atoms with Crippen LogP contribution in [0.3, 0.4) is 0 Å². The van der Waals surface area contributed by atoms with Gasteiger partial charge in [-0.25, -0.2) is 8.93 Å². The third-order valence-electron chi connectivity index (χ3n) is 5.72. The second kappa shape index (κ2) is 9.92. The van der Waals surface area contributed by atoms with Gasteiger partial charge in [0.25, 0.3) is 0 Å². The van der Waals surface area contributed by atoms with Crippen LogP contribution in [0.2, 0.25) is 0 Å². The van der Waals surface area contributed by atoms with Gasteiger partial charge in [-0.3, -0.25) is 0 Å². The van der Waals surface area contributed by atoms with Gasteiger partial charge < -0.3 is 0 Å². The van der Waals surface area contributed by atoms with Gasteiger partial charge in [0.1, 0.15) is 0 Å². The lowest BCUT2D eigenvalue weighted by molar-refractivity contribution is 0.589. The number of hydrogen-bond acceptors (Lipinski definition) is 1. The van der Waals surface area contributed by atoms with Gasteiger partial charge in [-0.05, 0) is 58.5 Å². The molecule has 2 unspecified atom stereocenters. The van der Waals surface area contributed by atoms with Crippen LogP contribution in [0.25, 0.3) is 0 Å². The summed E-state index contributed by atoms with van der Waals surface area (Å²) in [5.41, 5.74) is 3.81. The molecular formula is C29H46NOPS. The molecule has 2 aromatic carbocycles. The van der Waals surface area contributed by atoms with Crippen molar-refractivity contribution in [1.82, 2.24) is 4.72 Å². The molecular weight excluding hydrogens is 441 g/mol. The monoisotopic (exact) mass is 487 g/mol. The van der Waals surface area contributed by atoms with E-state index in [-0.39, 0.29) is 26.5 Å². The van der Waals surface area contributed by atoms with Gasteiger partial charge in [-0.2, -0.15) is 0 Å². The average molecular weight is 488 g/mol. The molecule has 4 heteroatoms. The number of rotatable bonds is 5. The van der Waals surface area contributed by atoms with E-state index in [0.29, 0.717) is 0 Å². The van der Waals surface area contributed by atoms with Crippen LogP contribution in [-0.4, -0.2) is 19.3 Å². The SMILES string of the molecule is CC(C)(C)c1ccc(C(NS(=O)C(C)(C)C)c2ccccc2P(C(C)(C)C)C(C)(C)C)cc1. The Labute approximate surface area is 207 Å². The highest BCUT2D eigenvalue weighted by Crippen LogP contribution is 2.59. The molecule has 0 saturated heterocycles. The smallest absolute Gasteiger partial charge is 0.0979 e. The van der Waals surface area contributed by atoms with Gasteiger partial charge in [0.15, 0.2) is 0 Å². The van der Waals surface area contributed by atoms with Crippen molar-refractivity contribution in [3.63, 3.8) is 0 Å². The molecule has 2 rings (SSSR count). The zero-order valence-electron chi connectivity index (χ0n) is 23.0. The third kappa shape index (κ3) is 7.23. The second-order valence-corrected chi connectivity index (χ2v) is 18.9. The van der Waals surface area contributed by atoms with E-state index in [0.717, 1.165) is 5.56 Å². The molecule has 1 N–H and O–H groups in total. The highest BCUT2D eigenvalue weighted by Gasteiger charge is 2.38. The molecule has 2 atom stereocenters. The van der Waals surface area contributed by atoms with Crippen LogP contribution in [0.1, 0.15) is 106 Å². The molecule has 184 valence electrons. The summed E-state index contributed by atoms with van der Waals surface area (Å²) in [5, 5.41) is 1.69. The van der Waals surface area contributed by atoms with Crippen molar-refractivity contribution in [2.75, 3.05) is 0 Å². The molecule has 0 fully saturated rings. The van der Waals surface area contributed by atoms with E-state index < -0.39 is 18.9 Å². The Balaban J connectivity index is 2.72. The van der Waals surface area contributed by atoms with Crippen molar-refractivity contribution < 1.29 is 4.21 Å². The lowest BCUT2D eigenvalue weighted by atomic mass is 9.86. The topological polar surface area (TPSA) is 29.1 Å². The average Bonchev–Trinajstić information content (AvgIpc) is 2.63. The standard InChI is InChI=1S/C29H46NOPS/c1-26(2,3)22-19-17-21(18-20-22)25(30-33(31)29(10,11)12)23-15-13-14-16-24(23)32(27(4,5)6)28(7,8)9/h13-20,25,30H,1-12H3. The Kier molecular flexibility index (Phi) is 8.48. The molecule has 0 spiro atoms. The molecule has 0 bridgehead atoms. The molecule has 33 heavy (non-hydrogen) atoms. The Morgan fingerprint density at radius 2 is 1.21 bits per heavy atom. The lowest BCUT2D eigenvalue weighted by Crippen LogP contribution is -2.39. The number of benzene rings is 2. The minimum Gasteiger partial charge on any atom is -0.242 e. The molecule has 0 aliphatic heterocycles. The van der Waals surface area contributed by atoms with Gasteiger partial charge in [0.2, 0.25) is 0 Å². The predicted molar refractivity (Wildman–Crippen MR) is 151 cm³/mol. The zero-order chi connectivity index (χ0) is 25.4. The lowest BCUT2D eigenvalue weighted by Gasteiger charge is -2.43. The van der Waals surface area contributed by atoms with Gasteiger partial charge in [-0.1, -0.05) is 119 Å². The Hall–Kier alpha value is -1.02. The largest absolute Gasteiger partial charge is 0.242 e. The summed E-state index contributed by atoms with van der Waals surface area (Å²) in [6.07, 6.45) is 0. The van der Waals surface area contributed by atoms with Crippen molar-refractivity contribution >= 4 is 24.2 Å². The van der Waals surface area contributed by atoms with Gasteiger partial charge in [0.05, 0.1) is 21.8 Å². The van der Waals surface area contributed by atoms with Crippen molar-refractivity contribution in [3.05, 3.63) is 65.2 Å². The maximum atomic E-state index is 13.3. The Morgan fingerprint density at radius 3 is 1.64 bits per heavy atom. The first kappa shape index (κ1) is 28.2. The van der Waals surface area contributed by atoms with Crippen LogP contribution in [0.4, 0.5) is 0 Å². The normalized spacial score (nSPS) is 15.5. The molecule has 0 aromatic heterocycles. The first-order valence-corrected chi connectivity index (χ1v) is 14.5. The molecule has 2 nitrogen and oxygen atoms in total. The Bertz CT molecular complexity index is 939. The van der Waals surface area contributed by atoms with E-state index in [4.69, 9.17) is 0 Å². The maximum absolute atomic E-state index is 13.3. The van der Waals surface area contributed by atoms with Crippen LogP contribution in [0.5, 0.6) is 0 Å². The summed E-state index contributed by atoms with van der Waals surface area (Å²) in [5.74, 6) is 0. The van der Waals surface area contributed by atoms with Crippen LogP contribution in [-0.2, 0) is 16.4 Å². The number of nitrogens with one attached hydrogen (secondary N) is 1. The fourth-order valence-corrected chi connectivity index (χ4v) is 9.42. The van der Waals surface area contributed by atoms with Crippen LogP contribution in [0.15, 0.2) is 48.5 Å². The molecule has 0 aliphatic rings. The summed E-state index contributed by atoms with van der Waals surface area (Å²) in [6, 6.07) is 17.6. The van der Waals surface area contributed by atoms with Crippen molar-refractivity contribution in [1.29, 1.82) is 0 Å². The van der Waals surface area contributed by atoms with Crippen LogP contribution in [0, 0.1) is 0 Å². The third-order valence-corrected chi connectivity index (χ3v) is 10.9. The Morgan fingerprint density at radius 1 is 0.727 bits per heavy atom. The second-order valence-electron chi connectivity index (χ2n) is 13.0. The first-order valence-electron chi connectivity index (χ1n) is 12.0. The van der Waals surface area contributed by atoms with Crippen molar-refractivity contribution in [2.24, 2.45) is 0 Å². The van der Waals surface area contributed by atoms with Gasteiger partial charge in [-0.15, -0.1) is 0 Å². The molecule has 0 saturated carbocycles. The fourth-order valence-electron chi connectivity index (χ4n) is 4.43. The molecule has 2 aromatic rings. The van der Waals surface area contributed by atoms with E-state index in [1.54, 1.807) is 0 Å². The molecule has 0 amide bonds. The fraction of sp³-hybridized carbons (Fsp3) is 0.586. The number of hydrogen-bond donors (Lipinski definition) is 1. The summed E-state index contributed by atoms with van der Waals surface area (Å²) >= 11 is 0. The summed E-state index contributed by atoms with van der Waals surface area (Å²) in [4.78, 5) is 0. The minimum atomic E-state index is -1.20. The van der Waals surface area contributed by atoms with E-state index in [2.05, 4.69) is 116 Å². The van der Waals surface area contributed by atoms with Crippen LogP contribution >= 0.6 is 7.92 Å². The van der Waals surface area contributed by atoms with E-state index in [9.17, 15) is 4.21 Å². The maximum Gasteiger partial charge on any atom is 0.0979 e. The van der Waals surface area contributed by atoms with E-state index in [1.807, 2.05) is 20.8 Å². The highest BCUT2D eigenvalue weighted by atomic mass is 32.2. The predicted octanol–water partition coefficient (Wildman–Crippen LogP) is 7.83. The van der Waals surface area contributed by atoms with E-state index in [1.165, 1.54) is 16.4 Å². The van der Waals surface area contributed by atoms with Crippen molar-refractivity contribution in [2.45, 2.75) is 110 Å². The van der Waals surface area contributed by atoms with E-state index >= 15 is 0 Å². The molecule has 0 heterocycles. The molecule has 0 aliphatic carbocycles. The summed E-state index contributed by atoms with van der Waals surface area (Å²) in [6.45, 7) is 26.9. The van der Waals surface area contributed by atoms with Gasteiger partial charge >= 0.3 is 0 Å². The molecule has 0 radical (unpaired) electrons. The van der Waals surface area contributed by atoms with Crippen molar-refractivity contribution in [3.8, 4) is 0 Å². The zero-order valence-corrected chi connectivity index (χ0v) is 24.7. The first-order chi connectivity index (χ1) is 14.8. The quantitative estimate of drug-likeness (QED) is 0.428. The summed E-state index contributed by atoms with van der Waals surface area (Å²) in [7, 11) is -1.70. The minimum absolute atomic E-state index is 0.0976. The summed E-state index contributed by atoms with van der Waals surface area (Å²) < 4.78 is 16.5. The van der Waals surface area contributed by atoms with Crippen LogP contribution < -0.4 is 10.0 Å². The highest BCUT2D eigenvalue weighted by molar-refractivity contribution is 7.84. The van der Waals surface area contributed by atoms with Gasteiger partial charge in [0, 0.05) is 0 Å².